The van der Waals surface area contributed by atoms with Crippen LogP contribution in [-0.4, -0.2) is 15.6 Å². The average Bonchev–Trinajstić information content (AvgIpc) is 2.71. The van der Waals surface area contributed by atoms with Gasteiger partial charge in [-0.15, -0.1) is 0 Å². The van der Waals surface area contributed by atoms with Crippen molar-refractivity contribution in [2.75, 3.05) is 0 Å². The number of hydrogen-bond donors (Lipinski definition) is 0. The standard InChI is InChI=1S/C15H18N2O/c1-4-17-10-15(12(3)16-17)14-7-5-13(6-8-14)9-11(2)18/h5-8,10H,4,9H2,1-3H3. The molecule has 3 nitrogen and oxygen atoms in total. The zero-order valence-corrected chi connectivity index (χ0v) is 11.1. The van der Waals surface area contributed by atoms with Crippen LogP contribution >= 0.6 is 0 Å². The Morgan fingerprint density at radius 1 is 1.28 bits per heavy atom. The molecule has 0 fully saturated rings. The van der Waals surface area contributed by atoms with E-state index >= 15 is 0 Å². The lowest BCUT2D eigenvalue weighted by Crippen LogP contribution is -1.95. The van der Waals surface area contributed by atoms with Crippen LogP contribution < -0.4 is 0 Å². The van der Waals surface area contributed by atoms with Crippen LogP contribution in [0, 0.1) is 6.92 Å². The Kier molecular flexibility index (Phi) is 3.60. The molecule has 1 aromatic carbocycles. The maximum Gasteiger partial charge on any atom is 0.134 e. The van der Waals surface area contributed by atoms with Gasteiger partial charge in [-0.2, -0.15) is 5.10 Å². The van der Waals surface area contributed by atoms with E-state index < -0.39 is 0 Å². The fourth-order valence-corrected chi connectivity index (χ4v) is 2.05. The van der Waals surface area contributed by atoms with E-state index in [1.165, 1.54) is 0 Å². The molecule has 2 rings (SSSR count). The number of Topliss-reactive ketones (excluding diaryl/α,β-unsaturated/α-hetero) is 1. The monoisotopic (exact) mass is 242 g/mol. The van der Waals surface area contributed by atoms with Gasteiger partial charge >= 0.3 is 0 Å². The summed E-state index contributed by atoms with van der Waals surface area (Å²) in [6, 6.07) is 8.14. The lowest BCUT2D eigenvalue weighted by atomic mass is 10.0. The minimum atomic E-state index is 0.192. The van der Waals surface area contributed by atoms with Gasteiger partial charge in [0.1, 0.15) is 5.78 Å². The van der Waals surface area contributed by atoms with Gasteiger partial charge in [-0.3, -0.25) is 9.48 Å². The molecule has 94 valence electrons. The molecule has 0 saturated heterocycles. The van der Waals surface area contributed by atoms with Gasteiger partial charge in [0.15, 0.2) is 0 Å². The minimum absolute atomic E-state index is 0.192. The third-order valence-electron chi connectivity index (χ3n) is 2.99. The molecule has 1 heterocycles. The number of aryl methyl sites for hydroxylation is 2. The molecule has 3 heteroatoms. The number of aromatic nitrogens is 2. The van der Waals surface area contributed by atoms with Crippen molar-refractivity contribution < 1.29 is 4.79 Å². The van der Waals surface area contributed by atoms with E-state index in [9.17, 15) is 4.79 Å². The lowest BCUT2D eigenvalue weighted by Gasteiger charge is -2.01. The smallest absolute Gasteiger partial charge is 0.134 e. The Labute approximate surface area is 107 Å². The summed E-state index contributed by atoms with van der Waals surface area (Å²) in [4.78, 5) is 11.1. The van der Waals surface area contributed by atoms with Gasteiger partial charge in [-0.25, -0.2) is 0 Å². The number of hydrogen-bond acceptors (Lipinski definition) is 2. The first-order valence-electron chi connectivity index (χ1n) is 6.23. The maximum absolute atomic E-state index is 11.1. The van der Waals surface area contributed by atoms with E-state index in [4.69, 9.17) is 0 Å². The Bertz CT molecular complexity index is 552. The summed E-state index contributed by atoms with van der Waals surface area (Å²) in [6.45, 7) is 6.59. The zero-order valence-electron chi connectivity index (χ0n) is 11.1. The van der Waals surface area contributed by atoms with E-state index in [1.54, 1.807) is 6.92 Å². The molecule has 1 aromatic heterocycles. The van der Waals surface area contributed by atoms with E-state index in [2.05, 4.69) is 30.4 Å². The molecule has 0 atom stereocenters. The zero-order chi connectivity index (χ0) is 13.1. The van der Waals surface area contributed by atoms with Crippen molar-refractivity contribution >= 4 is 5.78 Å². The molecule has 0 unspecified atom stereocenters. The molecular formula is C15H18N2O. The van der Waals surface area contributed by atoms with Gasteiger partial charge < -0.3 is 0 Å². The third-order valence-corrected chi connectivity index (χ3v) is 2.99. The summed E-state index contributed by atoms with van der Waals surface area (Å²) in [7, 11) is 0. The van der Waals surface area contributed by atoms with Gasteiger partial charge in [-0.05, 0) is 31.9 Å². The molecule has 18 heavy (non-hydrogen) atoms. The Balaban J connectivity index is 2.28. The summed E-state index contributed by atoms with van der Waals surface area (Å²) >= 11 is 0. The first-order valence-corrected chi connectivity index (χ1v) is 6.23. The number of rotatable bonds is 4. The molecule has 0 spiro atoms. The molecular weight excluding hydrogens is 224 g/mol. The minimum Gasteiger partial charge on any atom is -0.300 e. The number of carbonyl (C=O) groups is 1. The van der Waals surface area contributed by atoms with Crippen molar-refractivity contribution in [2.24, 2.45) is 0 Å². The van der Waals surface area contributed by atoms with Gasteiger partial charge in [0.25, 0.3) is 0 Å². The second kappa shape index (κ2) is 5.17. The predicted octanol–water partition coefficient (Wildman–Crippen LogP) is 3.01. The van der Waals surface area contributed by atoms with Gasteiger partial charge in [0.05, 0.1) is 5.69 Å². The van der Waals surface area contributed by atoms with Gasteiger partial charge in [0.2, 0.25) is 0 Å². The summed E-state index contributed by atoms with van der Waals surface area (Å²) in [5, 5.41) is 4.44. The van der Waals surface area contributed by atoms with Crippen LogP contribution in [0.3, 0.4) is 0 Å². The van der Waals surface area contributed by atoms with Crippen LogP contribution in [-0.2, 0) is 17.8 Å². The molecule has 0 saturated carbocycles. The maximum atomic E-state index is 11.1. The topological polar surface area (TPSA) is 34.9 Å². The Hall–Kier alpha value is -1.90. The largest absolute Gasteiger partial charge is 0.300 e. The quantitative estimate of drug-likeness (QED) is 0.826. The normalized spacial score (nSPS) is 10.6. The third kappa shape index (κ3) is 2.67. The first-order chi connectivity index (χ1) is 8.60. The number of nitrogens with zero attached hydrogens (tertiary/aromatic N) is 2. The summed E-state index contributed by atoms with van der Waals surface area (Å²) < 4.78 is 1.94. The van der Waals surface area contributed by atoms with Crippen molar-refractivity contribution in [2.45, 2.75) is 33.7 Å². The summed E-state index contributed by atoms with van der Waals surface area (Å²) in [5.74, 6) is 0.192. The van der Waals surface area contributed by atoms with Crippen LogP contribution in [0.2, 0.25) is 0 Å². The van der Waals surface area contributed by atoms with Crippen molar-refractivity contribution in [1.29, 1.82) is 0 Å². The molecule has 0 N–H and O–H groups in total. The van der Waals surface area contributed by atoms with Crippen molar-refractivity contribution in [3.63, 3.8) is 0 Å². The van der Waals surface area contributed by atoms with Crippen LogP contribution in [0.5, 0.6) is 0 Å². The van der Waals surface area contributed by atoms with E-state index in [-0.39, 0.29) is 5.78 Å². The van der Waals surface area contributed by atoms with Crippen LogP contribution in [0.25, 0.3) is 11.1 Å². The second-order valence-corrected chi connectivity index (χ2v) is 4.56. The fourth-order valence-electron chi connectivity index (χ4n) is 2.05. The highest BCUT2D eigenvalue weighted by molar-refractivity contribution is 5.78. The second-order valence-electron chi connectivity index (χ2n) is 4.56. The highest BCUT2D eigenvalue weighted by atomic mass is 16.1. The molecule has 0 aliphatic heterocycles. The van der Waals surface area contributed by atoms with E-state index in [1.807, 2.05) is 23.7 Å². The van der Waals surface area contributed by atoms with Gasteiger partial charge in [-0.1, -0.05) is 24.3 Å². The van der Waals surface area contributed by atoms with Crippen molar-refractivity contribution in [3.8, 4) is 11.1 Å². The summed E-state index contributed by atoms with van der Waals surface area (Å²) in [6.07, 6.45) is 2.57. The molecule has 0 radical (unpaired) electrons. The highest BCUT2D eigenvalue weighted by Crippen LogP contribution is 2.23. The van der Waals surface area contributed by atoms with Crippen LogP contribution in [0.4, 0.5) is 0 Å². The summed E-state index contributed by atoms with van der Waals surface area (Å²) in [5.41, 5.74) is 4.41. The van der Waals surface area contributed by atoms with Crippen molar-refractivity contribution in [3.05, 3.63) is 41.7 Å². The molecule has 2 aromatic rings. The molecule has 0 bridgehead atoms. The Morgan fingerprint density at radius 3 is 2.44 bits per heavy atom. The highest BCUT2D eigenvalue weighted by Gasteiger charge is 2.06. The van der Waals surface area contributed by atoms with E-state index in [0.717, 1.165) is 28.9 Å². The predicted molar refractivity (Wildman–Crippen MR) is 72.5 cm³/mol. The van der Waals surface area contributed by atoms with Crippen molar-refractivity contribution in [1.82, 2.24) is 9.78 Å². The molecule has 0 aliphatic carbocycles. The number of benzene rings is 1. The number of carbonyl (C=O) groups excluding carboxylic acids is 1. The molecule has 0 aliphatic rings. The van der Waals surface area contributed by atoms with Crippen LogP contribution in [0.1, 0.15) is 25.1 Å². The number of ketones is 1. The van der Waals surface area contributed by atoms with Gasteiger partial charge in [0, 0.05) is 24.7 Å². The fraction of sp³-hybridized carbons (Fsp3) is 0.333. The SMILES string of the molecule is CCn1cc(-c2ccc(CC(C)=O)cc2)c(C)n1. The lowest BCUT2D eigenvalue weighted by molar-refractivity contribution is -0.116. The first kappa shape index (κ1) is 12.6. The van der Waals surface area contributed by atoms with Crippen LogP contribution in [0.15, 0.2) is 30.5 Å². The molecule has 0 amide bonds. The Morgan fingerprint density at radius 2 is 1.94 bits per heavy atom. The average molecular weight is 242 g/mol. The van der Waals surface area contributed by atoms with E-state index in [0.29, 0.717) is 6.42 Å².